The van der Waals surface area contributed by atoms with Gasteiger partial charge in [-0.1, -0.05) is 12.1 Å². The number of benzene rings is 1. The maximum absolute atomic E-state index is 12.3. The molecule has 110 valence electrons. The molecule has 0 saturated heterocycles. The van der Waals surface area contributed by atoms with Gasteiger partial charge in [-0.05, 0) is 38.6 Å². The SMILES string of the molecule is CCN(C(=O)CN(C)CCC(=O)O)c1cccc(C)c1. The van der Waals surface area contributed by atoms with E-state index in [1.807, 2.05) is 38.1 Å². The fraction of sp³-hybridized carbons (Fsp3) is 0.467. The Labute approximate surface area is 119 Å². The van der Waals surface area contributed by atoms with Crippen molar-refractivity contribution in [1.29, 1.82) is 0 Å². The van der Waals surface area contributed by atoms with Crippen molar-refractivity contribution in [3.8, 4) is 0 Å². The third kappa shape index (κ3) is 5.01. The van der Waals surface area contributed by atoms with E-state index >= 15 is 0 Å². The summed E-state index contributed by atoms with van der Waals surface area (Å²) in [6, 6.07) is 7.79. The quantitative estimate of drug-likeness (QED) is 0.825. The summed E-state index contributed by atoms with van der Waals surface area (Å²) in [4.78, 5) is 26.2. The molecule has 0 aliphatic heterocycles. The summed E-state index contributed by atoms with van der Waals surface area (Å²) in [5, 5.41) is 8.64. The van der Waals surface area contributed by atoms with E-state index in [0.717, 1.165) is 11.3 Å². The number of carboxylic acid groups (broad SMARTS) is 1. The van der Waals surface area contributed by atoms with Crippen LogP contribution in [0.1, 0.15) is 18.9 Å². The third-order valence-electron chi connectivity index (χ3n) is 3.04. The maximum Gasteiger partial charge on any atom is 0.304 e. The first-order valence-corrected chi connectivity index (χ1v) is 6.71. The van der Waals surface area contributed by atoms with Crippen molar-refractivity contribution in [2.75, 3.05) is 31.6 Å². The third-order valence-corrected chi connectivity index (χ3v) is 3.04. The van der Waals surface area contributed by atoms with Crippen molar-refractivity contribution in [3.63, 3.8) is 0 Å². The lowest BCUT2D eigenvalue weighted by molar-refractivity contribution is -0.137. The van der Waals surface area contributed by atoms with E-state index in [-0.39, 0.29) is 18.9 Å². The van der Waals surface area contributed by atoms with E-state index in [4.69, 9.17) is 5.11 Å². The van der Waals surface area contributed by atoms with Crippen LogP contribution in [0.3, 0.4) is 0 Å². The highest BCUT2D eigenvalue weighted by molar-refractivity contribution is 5.94. The van der Waals surface area contributed by atoms with Crippen molar-refractivity contribution >= 4 is 17.6 Å². The van der Waals surface area contributed by atoms with Crippen molar-refractivity contribution in [1.82, 2.24) is 4.90 Å². The monoisotopic (exact) mass is 278 g/mol. The van der Waals surface area contributed by atoms with Gasteiger partial charge in [0.25, 0.3) is 0 Å². The number of carboxylic acids is 1. The lowest BCUT2D eigenvalue weighted by Crippen LogP contribution is -2.39. The molecule has 0 saturated carbocycles. The van der Waals surface area contributed by atoms with Crippen LogP contribution in [0.2, 0.25) is 0 Å². The van der Waals surface area contributed by atoms with E-state index in [0.29, 0.717) is 13.1 Å². The minimum Gasteiger partial charge on any atom is -0.481 e. The molecule has 0 bridgehead atoms. The number of carbonyl (C=O) groups is 2. The Morgan fingerprint density at radius 3 is 2.55 bits per heavy atom. The van der Waals surface area contributed by atoms with Gasteiger partial charge in [-0.3, -0.25) is 14.5 Å². The number of hydrogen-bond acceptors (Lipinski definition) is 3. The van der Waals surface area contributed by atoms with Crippen LogP contribution in [0.15, 0.2) is 24.3 Å². The minimum absolute atomic E-state index is 0.0222. The number of aliphatic carboxylic acids is 1. The highest BCUT2D eigenvalue weighted by atomic mass is 16.4. The smallest absolute Gasteiger partial charge is 0.304 e. The maximum atomic E-state index is 12.3. The van der Waals surface area contributed by atoms with Gasteiger partial charge < -0.3 is 10.0 Å². The Hall–Kier alpha value is -1.88. The number of aryl methyl sites for hydroxylation is 1. The second-order valence-corrected chi connectivity index (χ2v) is 4.86. The molecule has 0 heterocycles. The molecular weight excluding hydrogens is 256 g/mol. The molecule has 1 aromatic carbocycles. The van der Waals surface area contributed by atoms with Crippen LogP contribution in [-0.2, 0) is 9.59 Å². The first-order chi connectivity index (χ1) is 9.43. The molecule has 0 aromatic heterocycles. The molecule has 0 unspecified atom stereocenters. The largest absolute Gasteiger partial charge is 0.481 e. The molecule has 1 amide bonds. The predicted octanol–water partition coefficient (Wildman–Crippen LogP) is 1.75. The van der Waals surface area contributed by atoms with Gasteiger partial charge in [0.1, 0.15) is 0 Å². The van der Waals surface area contributed by atoms with Gasteiger partial charge in [0.15, 0.2) is 0 Å². The van der Waals surface area contributed by atoms with Crippen molar-refractivity contribution < 1.29 is 14.7 Å². The second-order valence-electron chi connectivity index (χ2n) is 4.86. The number of amides is 1. The average Bonchev–Trinajstić information content (AvgIpc) is 2.37. The van der Waals surface area contributed by atoms with Gasteiger partial charge in [0.2, 0.25) is 5.91 Å². The summed E-state index contributed by atoms with van der Waals surface area (Å²) >= 11 is 0. The van der Waals surface area contributed by atoms with E-state index in [1.165, 1.54) is 0 Å². The van der Waals surface area contributed by atoms with Gasteiger partial charge in [0.05, 0.1) is 13.0 Å². The van der Waals surface area contributed by atoms with Gasteiger partial charge in [0, 0.05) is 18.8 Å². The lowest BCUT2D eigenvalue weighted by atomic mass is 10.2. The molecule has 0 aliphatic carbocycles. The van der Waals surface area contributed by atoms with Crippen molar-refractivity contribution in [2.45, 2.75) is 20.3 Å². The van der Waals surface area contributed by atoms with Crippen LogP contribution in [0.4, 0.5) is 5.69 Å². The van der Waals surface area contributed by atoms with E-state index < -0.39 is 5.97 Å². The molecule has 0 aliphatic rings. The predicted molar refractivity (Wildman–Crippen MR) is 79.0 cm³/mol. The normalized spacial score (nSPS) is 10.6. The lowest BCUT2D eigenvalue weighted by Gasteiger charge is -2.24. The molecule has 0 spiro atoms. The van der Waals surface area contributed by atoms with Gasteiger partial charge >= 0.3 is 5.97 Å². The van der Waals surface area contributed by atoms with Gasteiger partial charge in [-0.25, -0.2) is 0 Å². The molecule has 5 heteroatoms. The fourth-order valence-corrected chi connectivity index (χ4v) is 1.98. The zero-order valence-electron chi connectivity index (χ0n) is 12.3. The first kappa shape index (κ1) is 16.2. The topological polar surface area (TPSA) is 60.9 Å². The number of hydrogen-bond donors (Lipinski definition) is 1. The average molecular weight is 278 g/mol. The zero-order chi connectivity index (χ0) is 15.1. The summed E-state index contributed by atoms with van der Waals surface area (Å²) in [6.45, 7) is 5.09. The molecule has 1 N–H and O–H groups in total. The highest BCUT2D eigenvalue weighted by Gasteiger charge is 2.16. The molecule has 1 rings (SSSR count). The number of anilines is 1. The fourth-order valence-electron chi connectivity index (χ4n) is 1.98. The number of rotatable bonds is 7. The Balaban J connectivity index is 2.65. The molecule has 20 heavy (non-hydrogen) atoms. The summed E-state index contributed by atoms with van der Waals surface area (Å²) < 4.78 is 0. The van der Waals surface area contributed by atoms with Crippen molar-refractivity contribution in [2.24, 2.45) is 0 Å². The van der Waals surface area contributed by atoms with E-state index in [1.54, 1.807) is 16.8 Å². The molecule has 1 aromatic rings. The van der Waals surface area contributed by atoms with Crippen LogP contribution in [-0.4, -0.2) is 48.6 Å². The molecule has 0 fully saturated rings. The number of carbonyl (C=O) groups excluding carboxylic acids is 1. The Kier molecular flexibility index (Phi) is 6.18. The molecule has 0 atom stereocenters. The van der Waals surface area contributed by atoms with Crippen LogP contribution >= 0.6 is 0 Å². The molecular formula is C15H22N2O3. The first-order valence-electron chi connectivity index (χ1n) is 6.71. The van der Waals surface area contributed by atoms with Gasteiger partial charge in [-0.15, -0.1) is 0 Å². The number of likely N-dealkylation sites (N-methyl/N-ethyl adjacent to an activating group) is 2. The summed E-state index contributed by atoms with van der Waals surface area (Å²) in [6.07, 6.45) is 0.0420. The van der Waals surface area contributed by atoms with Crippen LogP contribution in [0.5, 0.6) is 0 Å². The summed E-state index contributed by atoms with van der Waals surface area (Å²) in [5.41, 5.74) is 1.98. The van der Waals surface area contributed by atoms with Crippen LogP contribution < -0.4 is 4.90 Å². The minimum atomic E-state index is -0.852. The standard InChI is InChI=1S/C15H22N2O3/c1-4-17(13-7-5-6-12(2)10-13)14(18)11-16(3)9-8-15(19)20/h5-7,10H,4,8-9,11H2,1-3H3,(H,19,20). The summed E-state index contributed by atoms with van der Waals surface area (Å²) in [7, 11) is 1.75. The Bertz CT molecular complexity index is 474. The molecule has 5 nitrogen and oxygen atoms in total. The summed E-state index contributed by atoms with van der Waals surface area (Å²) in [5.74, 6) is -0.874. The zero-order valence-corrected chi connectivity index (χ0v) is 12.3. The number of nitrogens with zero attached hydrogens (tertiary/aromatic N) is 2. The Morgan fingerprint density at radius 2 is 2.00 bits per heavy atom. The van der Waals surface area contributed by atoms with Crippen LogP contribution in [0.25, 0.3) is 0 Å². The Morgan fingerprint density at radius 1 is 1.30 bits per heavy atom. The van der Waals surface area contributed by atoms with Crippen molar-refractivity contribution in [3.05, 3.63) is 29.8 Å². The second kappa shape index (κ2) is 7.65. The van der Waals surface area contributed by atoms with Gasteiger partial charge in [-0.2, -0.15) is 0 Å². The highest BCUT2D eigenvalue weighted by Crippen LogP contribution is 2.16. The van der Waals surface area contributed by atoms with E-state index in [2.05, 4.69) is 0 Å². The van der Waals surface area contributed by atoms with E-state index in [9.17, 15) is 9.59 Å². The molecule has 0 radical (unpaired) electrons. The van der Waals surface area contributed by atoms with Crippen LogP contribution in [0, 0.1) is 6.92 Å².